The van der Waals surface area contributed by atoms with Gasteiger partial charge in [0.1, 0.15) is 18.0 Å². The third-order valence-electron chi connectivity index (χ3n) is 4.17. The van der Waals surface area contributed by atoms with Crippen LogP contribution < -0.4 is 10.2 Å². The van der Waals surface area contributed by atoms with Crippen LogP contribution in [-0.2, 0) is 9.53 Å². The maximum atomic E-state index is 14.6. The van der Waals surface area contributed by atoms with Gasteiger partial charge in [-0.3, -0.25) is 14.7 Å². The average Bonchev–Trinajstić information content (AvgIpc) is 3.08. The van der Waals surface area contributed by atoms with Gasteiger partial charge in [-0.15, -0.1) is 0 Å². The number of carbonyl (C=O) groups excluding carboxylic acids is 2. The summed E-state index contributed by atoms with van der Waals surface area (Å²) < 4.78 is 20.4. The normalized spacial score (nSPS) is 16.3. The highest BCUT2D eigenvalue weighted by Gasteiger charge is 2.32. The minimum Gasteiger partial charge on any atom is -0.442 e. The molecule has 2 aromatic rings. The summed E-state index contributed by atoms with van der Waals surface area (Å²) in [5.41, 5.74) is 1.69. The molecule has 148 valence electrons. The topological polar surface area (TPSA) is 95.3 Å². The summed E-state index contributed by atoms with van der Waals surface area (Å²) in [6, 6.07) is 8.04. The molecule has 1 aromatic carbocycles. The molecule has 7 nitrogen and oxygen atoms in total. The zero-order chi connectivity index (χ0) is 21.0. The number of cyclic esters (lactones) is 1. The van der Waals surface area contributed by atoms with Gasteiger partial charge in [0, 0.05) is 34.9 Å². The first-order valence-electron chi connectivity index (χ1n) is 8.62. The lowest BCUT2D eigenvalue weighted by atomic mass is 10.1. The smallest absolute Gasteiger partial charge is 0.414 e. The maximum absolute atomic E-state index is 14.6. The van der Waals surface area contributed by atoms with E-state index in [1.807, 2.05) is 6.07 Å². The van der Waals surface area contributed by atoms with E-state index in [0.29, 0.717) is 26.9 Å². The fraction of sp³-hybridized carbons (Fsp3) is 0.200. The SMILES string of the molecule is CC(=O)NC[C@H]1CN(c2ccc(/C=C(\Br)c3cncc(C#N)c3)c(F)c2)C(=O)O1. The van der Waals surface area contributed by atoms with Gasteiger partial charge in [0.15, 0.2) is 0 Å². The van der Waals surface area contributed by atoms with Crippen LogP contribution in [0.3, 0.4) is 0 Å². The van der Waals surface area contributed by atoms with Crippen molar-refractivity contribution in [2.75, 3.05) is 18.0 Å². The van der Waals surface area contributed by atoms with E-state index in [1.54, 1.807) is 30.5 Å². The number of nitriles is 1. The van der Waals surface area contributed by atoms with Gasteiger partial charge in [-0.2, -0.15) is 5.26 Å². The highest BCUT2D eigenvalue weighted by atomic mass is 79.9. The molecule has 0 saturated carbocycles. The molecule has 1 saturated heterocycles. The van der Waals surface area contributed by atoms with Crippen molar-refractivity contribution in [3.8, 4) is 6.07 Å². The minimum absolute atomic E-state index is 0.198. The number of ether oxygens (including phenoxy) is 1. The number of hydrogen-bond donors (Lipinski definition) is 1. The quantitative estimate of drug-likeness (QED) is 0.739. The van der Waals surface area contributed by atoms with Gasteiger partial charge in [0.2, 0.25) is 5.91 Å². The molecule has 0 unspecified atom stereocenters. The van der Waals surface area contributed by atoms with Crippen molar-refractivity contribution in [2.45, 2.75) is 13.0 Å². The predicted molar refractivity (Wildman–Crippen MR) is 108 cm³/mol. The highest BCUT2D eigenvalue weighted by molar-refractivity contribution is 9.15. The van der Waals surface area contributed by atoms with Gasteiger partial charge in [-0.05, 0) is 30.3 Å². The number of amides is 2. The molecule has 1 fully saturated rings. The molecule has 9 heteroatoms. The number of hydrogen-bond acceptors (Lipinski definition) is 5. The van der Waals surface area contributed by atoms with Crippen molar-refractivity contribution in [1.29, 1.82) is 5.26 Å². The Balaban J connectivity index is 1.77. The van der Waals surface area contributed by atoms with Crippen LogP contribution in [0.15, 0.2) is 36.7 Å². The van der Waals surface area contributed by atoms with Gasteiger partial charge >= 0.3 is 6.09 Å². The van der Waals surface area contributed by atoms with Gasteiger partial charge < -0.3 is 10.1 Å². The van der Waals surface area contributed by atoms with E-state index < -0.39 is 18.0 Å². The van der Waals surface area contributed by atoms with Crippen molar-refractivity contribution in [1.82, 2.24) is 10.3 Å². The Hall–Kier alpha value is -3.25. The van der Waals surface area contributed by atoms with Crippen LogP contribution >= 0.6 is 15.9 Å². The second kappa shape index (κ2) is 8.84. The Morgan fingerprint density at radius 2 is 2.28 bits per heavy atom. The van der Waals surface area contributed by atoms with Crippen molar-refractivity contribution in [2.24, 2.45) is 0 Å². The van der Waals surface area contributed by atoms with Crippen molar-refractivity contribution < 1.29 is 18.7 Å². The summed E-state index contributed by atoms with van der Waals surface area (Å²) in [7, 11) is 0. The van der Waals surface area contributed by atoms with Gasteiger partial charge in [-0.1, -0.05) is 15.9 Å². The summed E-state index contributed by atoms with van der Waals surface area (Å²) in [6.45, 7) is 1.79. The van der Waals surface area contributed by atoms with Crippen LogP contribution in [0, 0.1) is 17.1 Å². The standard InChI is InChI=1S/C20H16BrFN4O3/c1-12(27)25-10-17-11-26(20(28)29-17)16-3-2-14(19(22)6-16)5-18(21)15-4-13(7-23)8-24-9-15/h2-6,8-9,17H,10-11H2,1H3,(H,25,27)/b18-5-/t17-/m0/s1. The van der Waals surface area contributed by atoms with Gasteiger partial charge in [0.05, 0.1) is 24.3 Å². The number of aromatic nitrogens is 1. The number of nitrogens with zero attached hydrogens (tertiary/aromatic N) is 3. The van der Waals surface area contributed by atoms with Gasteiger partial charge in [-0.25, -0.2) is 9.18 Å². The number of benzene rings is 1. The molecule has 1 N–H and O–H groups in total. The maximum Gasteiger partial charge on any atom is 0.414 e. The molecule has 29 heavy (non-hydrogen) atoms. The summed E-state index contributed by atoms with van der Waals surface area (Å²) in [6.07, 6.45) is 3.47. The lowest BCUT2D eigenvalue weighted by Crippen LogP contribution is -2.33. The highest BCUT2D eigenvalue weighted by Crippen LogP contribution is 2.28. The van der Waals surface area contributed by atoms with Crippen molar-refractivity contribution in [3.63, 3.8) is 0 Å². The molecule has 1 aliphatic rings. The van der Waals surface area contributed by atoms with Crippen LogP contribution in [0.2, 0.25) is 0 Å². The molecule has 0 bridgehead atoms. The number of pyridine rings is 1. The number of carbonyl (C=O) groups is 2. The van der Waals surface area contributed by atoms with Crippen LogP contribution in [0.1, 0.15) is 23.6 Å². The molecule has 2 amide bonds. The molecule has 0 spiro atoms. The van der Waals surface area contributed by atoms with E-state index in [-0.39, 0.29) is 19.0 Å². The molecule has 2 heterocycles. The first kappa shape index (κ1) is 20.5. The minimum atomic E-state index is -0.594. The largest absolute Gasteiger partial charge is 0.442 e. The lowest BCUT2D eigenvalue weighted by molar-refractivity contribution is -0.119. The van der Waals surface area contributed by atoms with E-state index >= 15 is 0 Å². The molecule has 3 rings (SSSR count). The molecule has 0 radical (unpaired) electrons. The molecule has 1 aromatic heterocycles. The zero-order valence-electron chi connectivity index (χ0n) is 15.4. The zero-order valence-corrected chi connectivity index (χ0v) is 16.9. The second-order valence-corrected chi connectivity index (χ2v) is 7.18. The van der Waals surface area contributed by atoms with E-state index in [9.17, 15) is 14.0 Å². The predicted octanol–water partition coefficient (Wildman–Crippen LogP) is 3.45. The Morgan fingerprint density at radius 3 is 2.97 bits per heavy atom. The Labute approximate surface area is 174 Å². The first-order valence-corrected chi connectivity index (χ1v) is 9.41. The van der Waals surface area contributed by atoms with Crippen LogP contribution in [0.25, 0.3) is 10.6 Å². The fourth-order valence-corrected chi connectivity index (χ4v) is 3.21. The monoisotopic (exact) mass is 458 g/mol. The van der Waals surface area contributed by atoms with Crippen LogP contribution in [-0.4, -0.2) is 36.2 Å². The summed E-state index contributed by atoms with van der Waals surface area (Å²) in [4.78, 5) is 28.4. The lowest BCUT2D eigenvalue weighted by Gasteiger charge is -2.14. The van der Waals surface area contributed by atoms with Crippen molar-refractivity contribution >= 4 is 44.2 Å². The number of anilines is 1. The molecular weight excluding hydrogens is 443 g/mol. The summed E-state index contributed by atoms with van der Waals surface area (Å²) in [5, 5.41) is 11.6. The Kier molecular flexibility index (Phi) is 6.24. The molecular formula is C20H16BrFN4O3. The number of nitrogens with one attached hydrogen (secondary N) is 1. The third-order valence-corrected chi connectivity index (χ3v) is 4.86. The van der Waals surface area contributed by atoms with Gasteiger partial charge in [0.25, 0.3) is 0 Å². The van der Waals surface area contributed by atoms with Crippen LogP contribution in [0.4, 0.5) is 14.9 Å². The van der Waals surface area contributed by atoms with E-state index in [1.165, 1.54) is 24.1 Å². The average molecular weight is 459 g/mol. The summed E-state index contributed by atoms with van der Waals surface area (Å²) >= 11 is 3.38. The number of halogens is 2. The first-order chi connectivity index (χ1) is 13.9. The second-order valence-electron chi connectivity index (χ2n) is 6.33. The van der Waals surface area contributed by atoms with E-state index in [0.717, 1.165) is 0 Å². The van der Waals surface area contributed by atoms with Crippen LogP contribution in [0.5, 0.6) is 0 Å². The van der Waals surface area contributed by atoms with E-state index in [2.05, 4.69) is 26.2 Å². The fourth-order valence-electron chi connectivity index (χ4n) is 2.75. The molecule has 1 aliphatic heterocycles. The molecule has 1 atom stereocenters. The Morgan fingerprint density at radius 1 is 1.48 bits per heavy atom. The third kappa shape index (κ3) is 4.97. The number of rotatable bonds is 5. The van der Waals surface area contributed by atoms with Crippen molar-refractivity contribution in [3.05, 3.63) is 59.2 Å². The Bertz CT molecular complexity index is 1030. The summed E-state index contributed by atoms with van der Waals surface area (Å²) in [5.74, 6) is -0.746. The van der Waals surface area contributed by atoms with E-state index in [4.69, 9.17) is 10.00 Å². The molecule has 0 aliphatic carbocycles.